The molecule has 6 nitrogen and oxygen atoms in total. The van der Waals surface area contributed by atoms with E-state index in [1.807, 2.05) is 55.5 Å². The minimum absolute atomic E-state index is 0.0317. The Labute approximate surface area is 204 Å². The zero-order valence-corrected chi connectivity index (χ0v) is 19.8. The van der Waals surface area contributed by atoms with Crippen molar-refractivity contribution in [3.63, 3.8) is 0 Å². The molecule has 3 aromatic carbocycles. The third kappa shape index (κ3) is 4.47. The summed E-state index contributed by atoms with van der Waals surface area (Å²) in [5.74, 6) is -0.570. The standard InChI is InChI=1S/C29H27N3O3/c1-3-35-29(34)26-18-27(23-10-6-4-8-19(23)2)32(31-26)22-15-12-21(13-16-22)28(33)30-25-17-14-20-9-5-7-11-24(20)25/h4-13,15-16,18,25H,3,14,17H2,1-2H3,(H,30,33). The van der Waals surface area contributed by atoms with Gasteiger partial charge in [-0.2, -0.15) is 5.10 Å². The SMILES string of the molecule is CCOC(=O)c1cc(-c2ccccc2C)n(-c2ccc(C(=O)NC3CCc4ccccc43)cc2)n1. The van der Waals surface area contributed by atoms with Gasteiger partial charge in [-0.05, 0) is 73.7 Å². The van der Waals surface area contributed by atoms with Crippen LogP contribution in [0.5, 0.6) is 0 Å². The minimum Gasteiger partial charge on any atom is -0.461 e. The van der Waals surface area contributed by atoms with Crippen LogP contribution in [-0.4, -0.2) is 28.3 Å². The normalized spacial score (nSPS) is 14.4. The third-order valence-electron chi connectivity index (χ3n) is 6.43. The van der Waals surface area contributed by atoms with Crippen molar-refractivity contribution >= 4 is 11.9 Å². The number of carbonyl (C=O) groups is 2. The van der Waals surface area contributed by atoms with E-state index in [1.165, 1.54) is 11.1 Å². The Morgan fingerprint density at radius 1 is 1.03 bits per heavy atom. The van der Waals surface area contributed by atoms with Crippen molar-refractivity contribution in [1.82, 2.24) is 15.1 Å². The first-order chi connectivity index (χ1) is 17.0. The molecule has 0 radical (unpaired) electrons. The lowest BCUT2D eigenvalue weighted by Crippen LogP contribution is -2.27. The summed E-state index contributed by atoms with van der Waals surface area (Å²) in [4.78, 5) is 25.4. The summed E-state index contributed by atoms with van der Waals surface area (Å²) in [6, 6.07) is 25.3. The van der Waals surface area contributed by atoms with Gasteiger partial charge >= 0.3 is 5.97 Å². The number of esters is 1. The van der Waals surface area contributed by atoms with E-state index in [4.69, 9.17) is 4.74 Å². The van der Waals surface area contributed by atoms with E-state index in [-0.39, 0.29) is 24.2 Å². The number of aromatic nitrogens is 2. The number of nitrogens with one attached hydrogen (secondary N) is 1. The molecule has 1 aliphatic carbocycles. The number of rotatable bonds is 6. The highest BCUT2D eigenvalue weighted by Crippen LogP contribution is 2.31. The Morgan fingerprint density at radius 2 is 1.77 bits per heavy atom. The summed E-state index contributed by atoms with van der Waals surface area (Å²) in [5.41, 5.74) is 6.89. The molecule has 4 aromatic rings. The number of amides is 1. The van der Waals surface area contributed by atoms with Crippen LogP contribution in [0.1, 0.15) is 56.9 Å². The number of fused-ring (bicyclic) bond motifs is 1. The van der Waals surface area contributed by atoms with E-state index in [9.17, 15) is 9.59 Å². The fourth-order valence-corrected chi connectivity index (χ4v) is 4.64. The van der Waals surface area contributed by atoms with Gasteiger partial charge in [0, 0.05) is 11.1 Å². The number of aryl methyl sites for hydroxylation is 2. The predicted octanol–water partition coefficient (Wildman–Crippen LogP) is 5.44. The van der Waals surface area contributed by atoms with Crippen molar-refractivity contribution in [3.05, 3.63) is 107 Å². The quantitative estimate of drug-likeness (QED) is 0.385. The molecule has 1 N–H and O–H groups in total. The second kappa shape index (κ2) is 9.58. The average Bonchev–Trinajstić information content (AvgIpc) is 3.50. The van der Waals surface area contributed by atoms with Crippen LogP contribution in [0.25, 0.3) is 16.9 Å². The first-order valence-corrected chi connectivity index (χ1v) is 11.9. The van der Waals surface area contributed by atoms with Crippen LogP contribution in [0.3, 0.4) is 0 Å². The molecule has 176 valence electrons. The number of hydrogen-bond donors (Lipinski definition) is 1. The van der Waals surface area contributed by atoms with Crippen molar-refractivity contribution in [2.45, 2.75) is 32.7 Å². The molecule has 0 bridgehead atoms. The molecule has 1 amide bonds. The van der Waals surface area contributed by atoms with Crippen molar-refractivity contribution in [2.75, 3.05) is 6.61 Å². The monoisotopic (exact) mass is 465 g/mol. The molecule has 5 rings (SSSR count). The molecule has 6 heteroatoms. The Balaban J connectivity index is 1.43. The Bertz CT molecular complexity index is 1390. The zero-order chi connectivity index (χ0) is 24.4. The molecule has 0 saturated heterocycles. The van der Waals surface area contributed by atoms with Crippen LogP contribution in [0.4, 0.5) is 0 Å². The van der Waals surface area contributed by atoms with Crippen LogP contribution in [0, 0.1) is 6.92 Å². The summed E-state index contributed by atoms with van der Waals surface area (Å²) in [7, 11) is 0. The van der Waals surface area contributed by atoms with E-state index < -0.39 is 5.97 Å². The molecule has 1 atom stereocenters. The van der Waals surface area contributed by atoms with E-state index in [0.29, 0.717) is 5.56 Å². The Kier molecular flexibility index (Phi) is 6.19. The summed E-state index contributed by atoms with van der Waals surface area (Å²) >= 11 is 0. The van der Waals surface area contributed by atoms with Gasteiger partial charge in [0.25, 0.3) is 5.91 Å². The molecular formula is C29H27N3O3. The summed E-state index contributed by atoms with van der Waals surface area (Å²) < 4.78 is 6.90. The number of benzene rings is 3. The van der Waals surface area contributed by atoms with E-state index in [2.05, 4.69) is 22.5 Å². The third-order valence-corrected chi connectivity index (χ3v) is 6.43. The smallest absolute Gasteiger partial charge is 0.358 e. The first kappa shape index (κ1) is 22.6. The number of nitrogens with zero attached hydrogens (tertiary/aromatic N) is 2. The molecular weight excluding hydrogens is 438 g/mol. The van der Waals surface area contributed by atoms with E-state index in [0.717, 1.165) is 35.3 Å². The van der Waals surface area contributed by atoms with E-state index >= 15 is 0 Å². The van der Waals surface area contributed by atoms with Crippen molar-refractivity contribution in [1.29, 1.82) is 0 Å². The molecule has 0 aliphatic heterocycles. The van der Waals surface area contributed by atoms with Crippen LogP contribution >= 0.6 is 0 Å². The molecule has 1 aromatic heterocycles. The van der Waals surface area contributed by atoms with Gasteiger partial charge in [0.2, 0.25) is 0 Å². The van der Waals surface area contributed by atoms with Crippen LogP contribution < -0.4 is 5.32 Å². The summed E-state index contributed by atoms with van der Waals surface area (Å²) in [5, 5.41) is 7.71. The van der Waals surface area contributed by atoms with Crippen molar-refractivity contribution in [3.8, 4) is 16.9 Å². The first-order valence-electron chi connectivity index (χ1n) is 11.9. The van der Waals surface area contributed by atoms with Gasteiger partial charge in [-0.15, -0.1) is 0 Å². The van der Waals surface area contributed by atoms with Crippen LogP contribution in [0.15, 0.2) is 78.9 Å². The highest BCUT2D eigenvalue weighted by Gasteiger charge is 2.24. The second-order valence-electron chi connectivity index (χ2n) is 8.67. The Morgan fingerprint density at radius 3 is 2.54 bits per heavy atom. The maximum absolute atomic E-state index is 13.0. The Hall–Kier alpha value is -4.19. The lowest BCUT2D eigenvalue weighted by Gasteiger charge is -2.15. The largest absolute Gasteiger partial charge is 0.461 e. The van der Waals surface area contributed by atoms with Crippen molar-refractivity contribution in [2.24, 2.45) is 0 Å². The van der Waals surface area contributed by atoms with Crippen molar-refractivity contribution < 1.29 is 14.3 Å². The molecule has 1 heterocycles. The van der Waals surface area contributed by atoms with Crippen LogP contribution in [-0.2, 0) is 11.2 Å². The number of ether oxygens (including phenoxy) is 1. The topological polar surface area (TPSA) is 73.2 Å². The second-order valence-corrected chi connectivity index (χ2v) is 8.67. The molecule has 0 spiro atoms. The highest BCUT2D eigenvalue weighted by atomic mass is 16.5. The van der Waals surface area contributed by atoms with E-state index in [1.54, 1.807) is 29.8 Å². The van der Waals surface area contributed by atoms with Gasteiger partial charge in [0.15, 0.2) is 5.69 Å². The van der Waals surface area contributed by atoms with Gasteiger partial charge in [-0.3, -0.25) is 4.79 Å². The summed E-state index contributed by atoms with van der Waals surface area (Å²) in [6.45, 7) is 4.07. The fourth-order valence-electron chi connectivity index (χ4n) is 4.64. The molecule has 0 fully saturated rings. The van der Waals surface area contributed by atoms with Gasteiger partial charge in [-0.25, -0.2) is 9.48 Å². The number of hydrogen-bond acceptors (Lipinski definition) is 4. The van der Waals surface area contributed by atoms with Gasteiger partial charge < -0.3 is 10.1 Å². The number of carbonyl (C=O) groups excluding carboxylic acids is 2. The maximum atomic E-state index is 13.0. The highest BCUT2D eigenvalue weighted by molar-refractivity contribution is 5.95. The molecule has 35 heavy (non-hydrogen) atoms. The lowest BCUT2D eigenvalue weighted by molar-refractivity contribution is 0.0518. The van der Waals surface area contributed by atoms with Gasteiger partial charge in [0.05, 0.1) is 24.0 Å². The maximum Gasteiger partial charge on any atom is 0.358 e. The van der Waals surface area contributed by atoms with Gasteiger partial charge in [0.1, 0.15) is 0 Å². The van der Waals surface area contributed by atoms with Crippen LogP contribution in [0.2, 0.25) is 0 Å². The molecule has 1 unspecified atom stereocenters. The summed E-state index contributed by atoms with van der Waals surface area (Å²) in [6.07, 6.45) is 1.89. The fraction of sp³-hybridized carbons (Fsp3) is 0.207. The zero-order valence-electron chi connectivity index (χ0n) is 19.8. The predicted molar refractivity (Wildman–Crippen MR) is 135 cm³/mol. The molecule has 0 saturated carbocycles. The van der Waals surface area contributed by atoms with Gasteiger partial charge in [-0.1, -0.05) is 48.5 Å². The average molecular weight is 466 g/mol. The minimum atomic E-state index is -0.464. The lowest BCUT2D eigenvalue weighted by atomic mass is 10.1. The molecule has 1 aliphatic rings.